The molecule has 2 aromatic heterocycles. The third-order valence-corrected chi connectivity index (χ3v) is 6.52. The van der Waals surface area contributed by atoms with Crippen LogP contribution in [0.5, 0.6) is 5.75 Å². The van der Waals surface area contributed by atoms with Crippen LogP contribution >= 0.6 is 22.9 Å². The highest BCUT2D eigenvalue weighted by atomic mass is 35.5. The number of carbonyl (C=O) groups excluding carboxylic acids is 1. The monoisotopic (exact) mass is 477 g/mol. The van der Waals surface area contributed by atoms with Crippen molar-refractivity contribution in [3.63, 3.8) is 0 Å². The summed E-state index contributed by atoms with van der Waals surface area (Å²) in [7, 11) is 0. The first-order chi connectivity index (χ1) is 16.0. The molecule has 0 aliphatic heterocycles. The number of rotatable bonds is 8. The summed E-state index contributed by atoms with van der Waals surface area (Å²) < 4.78 is 5.79. The fourth-order valence-electron chi connectivity index (χ4n) is 3.41. The molecule has 5 nitrogen and oxygen atoms in total. The van der Waals surface area contributed by atoms with Crippen molar-refractivity contribution >= 4 is 34.5 Å². The third-order valence-electron chi connectivity index (χ3n) is 5.06. The number of thiazole rings is 1. The van der Waals surface area contributed by atoms with E-state index in [9.17, 15) is 4.79 Å². The Morgan fingerprint density at radius 1 is 1.06 bits per heavy atom. The lowest BCUT2D eigenvalue weighted by Gasteiger charge is -2.10. The van der Waals surface area contributed by atoms with Crippen LogP contribution < -0.4 is 10.1 Å². The van der Waals surface area contributed by atoms with Crippen LogP contribution in [-0.4, -0.2) is 22.5 Å². The van der Waals surface area contributed by atoms with Crippen molar-refractivity contribution < 1.29 is 9.53 Å². The van der Waals surface area contributed by atoms with Gasteiger partial charge in [-0.3, -0.25) is 9.78 Å². The third kappa shape index (κ3) is 5.97. The molecule has 168 valence electrons. The first-order valence-corrected chi connectivity index (χ1v) is 11.9. The van der Waals surface area contributed by atoms with E-state index < -0.39 is 0 Å². The van der Waals surface area contributed by atoms with Gasteiger partial charge >= 0.3 is 0 Å². The zero-order valence-corrected chi connectivity index (χ0v) is 20.0. The number of pyridine rings is 1. The van der Waals surface area contributed by atoms with E-state index in [0.29, 0.717) is 19.4 Å². The highest BCUT2D eigenvalue weighted by Gasteiger charge is 2.09. The van der Waals surface area contributed by atoms with Crippen molar-refractivity contribution in [1.29, 1.82) is 0 Å². The number of benzene rings is 2. The molecule has 7 heteroatoms. The molecule has 2 aromatic carbocycles. The number of hydrogen-bond acceptors (Lipinski definition) is 5. The maximum atomic E-state index is 12.4. The molecule has 33 heavy (non-hydrogen) atoms. The van der Waals surface area contributed by atoms with E-state index in [1.807, 2.05) is 73.8 Å². The van der Waals surface area contributed by atoms with Crippen molar-refractivity contribution in [3.8, 4) is 27.7 Å². The molecule has 0 spiro atoms. The fourth-order valence-corrected chi connectivity index (χ4v) is 4.32. The molecule has 1 N–H and O–H groups in total. The molecule has 0 saturated carbocycles. The molecular weight excluding hydrogens is 454 g/mol. The van der Waals surface area contributed by atoms with Crippen LogP contribution in [0.15, 0.2) is 66.2 Å². The van der Waals surface area contributed by atoms with Crippen molar-refractivity contribution in [1.82, 2.24) is 9.97 Å². The average Bonchev–Trinajstić information content (AvgIpc) is 3.31. The van der Waals surface area contributed by atoms with E-state index in [1.165, 1.54) is 0 Å². The minimum absolute atomic E-state index is 0.0494. The molecule has 2 heterocycles. The van der Waals surface area contributed by atoms with E-state index in [2.05, 4.69) is 10.3 Å². The number of nitrogens with one attached hydrogen (secondary N) is 1. The zero-order valence-electron chi connectivity index (χ0n) is 18.5. The van der Waals surface area contributed by atoms with Gasteiger partial charge in [0.2, 0.25) is 5.91 Å². The largest absolute Gasteiger partial charge is 0.494 e. The van der Waals surface area contributed by atoms with Crippen molar-refractivity contribution in [2.45, 2.75) is 26.7 Å². The van der Waals surface area contributed by atoms with Gasteiger partial charge in [0.25, 0.3) is 0 Å². The van der Waals surface area contributed by atoms with Gasteiger partial charge in [0.15, 0.2) is 0 Å². The second kappa shape index (κ2) is 10.6. The molecule has 0 unspecified atom stereocenters. The van der Waals surface area contributed by atoms with E-state index in [1.54, 1.807) is 17.5 Å². The molecule has 1 amide bonds. The number of amides is 1. The van der Waals surface area contributed by atoms with Crippen LogP contribution in [0.4, 0.5) is 5.69 Å². The lowest BCUT2D eigenvalue weighted by atomic mass is 10.1. The van der Waals surface area contributed by atoms with Gasteiger partial charge in [-0.15, -0.1) is 11.3 Å². The predicted molar refractivity (Wildman–Crippen MR) is 135 cm³/mol. The Balaban J connectivity index is 1.30. The average molecular weight is 478 g/mol. The van der Waals surface area contributed by atoms with Gasteiger partial charge in [0, 0.05) is 34.3 Å². The number of nitrogens with zero attached hydrogens (tertiary/aromatic N) is 2. The summed E-state index contributed by atoms with van der Waals surface area (Å²) in [5.74, 6) is 0.725. The van der Waals surface area contributed by atoms with Gasteiger partial charge in [0.05, 0.1) is 18.0 Å². The summed E-state index contributed by atoms with van der Waals surface area (Å²) in [6, 6.07) is 17.3. The van der Waals surface area contributed by atoms with E-state index >= 15 is 0 Å². The van der Waals surface area contributed by atoms with E-state index in [-0.39, 0.29) is 5.91 Å². The van der Waals surface area contributed by atoms with Gasteiger partial charge in [0.1, 0.15) is 10.8 Å². The summed E-state index contributed by atoms with van der Waals surface area (Å²) >= 11 is 7.74. The maximum absolute atomic E-state index is 12.4. The molecule has 0 aliphatic carbocycles. The SMILES string of the molecule is Cc1cc(OCCCC(=O)Nc2cccc(-c3csc(-c4ccccn4)n3)c2)cc(C)c1Cl. The minimum Gasteiger partial charge on any atom is -0.494 e. The number of hydrogen-bond donors (Lipinski definition) is 1. The van der Waals surface area contributed by atoms with Crippen LogP contribution in [0.2, 0.25) is 5.02 Å². The maximum Gasteiger partial charge on any atom is 0.224 e. The number of aromatic nitrogens is 2. The Labute approximate surface area is 202 Å². The lowest BCUT2D eigenvalue weighted by molar-refractivity contribution is -0.116. The Bertz CT molecular complexity index is 1230. The summed E-state index contributed by atoms with van der Waals surface area (Å²) in [5.41, 5.74) is 5.37. The standard InChI is InChI=1S/C26H24ClN3O2S/c1-17-13-21(14-18(2)25(17)27)32-12-6-10-24(31)29-20-8-5-7-19(15-20)23-16-33-26(30-23)22-9-3-4-11-28-22/h3-5,7-9,11,13-16H,6,10,12H2,1-2H3,(H,29,31). The number of ether oxygens (including phenoxy) is 1. The molecule has 0 saturated heterocycles. The molecule has 4 aromatic rings. The van der Waals surface area contributed by atoms with Gasteiger partial charge in [-0.2, -0.15) is 0 Å². The molecule has 0 fully saturated rings. The van der Waals surface area contributed by atoms with Crippen LogP contribution in [0.1, 0.15) is 24.0 Å². The number of aryl methyl sites for hydroxylation is 2. The van der Waals surface area contributed by atoms with Crippen molar-refractivity contribution in [2.24, 2.45) is 0 Å². The molecule has 0 atom stereocenters. The van der Waals surface area contributed by atoms with Gasteiger partial charge in [-0.05, 0) is 67.8 Å². The first-order valence-electron chi connectivity index (χ1n) is 10.7. The normalized spacial score (nSPS) is 10.8. The van der Waals surface area contributed by atoms with Gasteiger partial charge in [-0.25, -0.2) is 4.98 Å². The summed E-state index contributed by atoms with van der Waals surface area (Å²) in [5, 5.41) is 6.59. The van der Waals surface area contributed by atoms with E-state index in [4.69, 9.17) is 21.3 Å². The van der Waals surface area contributed by atoms with E-state index in [0.717, 1.165) is 49.5 Å². The Kier molecular flexibility index (Phi) is 7.37. The number of halogens is 1. The van der Waals surface area contributed by atoms with Crippen molar-refractivity contribution in [2.75, 3.05) is 11.9 Å². The second-order valence-corrected chi connectivity index (χ2v) is 8.94. The smallest absolute Gasteiger partial charge is 0.224 e. The molecule has 4 rings (SSSR count). The van der Waals surface area contributed by atoms with Crippen molar-refractivity contribution in [3.05, 3.63) is 82.3 Å². The topological polar surface area (TPSA) is 64.1 Å². The Morgan fingerprint density at radius 2 is 1.88 bits per heavy atom. The van der Waals surface area contributed by atoms with Crippen LogP contribution in [0, 0.1) is 13.8 Å². The zero-order chi connectivity index (χ0) is 23.2. The Morgan fingerprint density at radius 3 is 2.64 bits per heavy atom. The molecular formula is C26H24ClN3O2S. The second-order valence-electron chi connectivity index (χ2n) is 7.70. The lowest BCUT2D eigenvalue weighted by Crippen LogP contribution is -2.12. The van der Waals surface area contributed by atoms with Gasteiger partial charge in [-0.1, -0.05) is 29.8 Å². The van der Waals surface area contributed by atoms with Gasteiger partial charge < -0.3 is 10.1 Å². The molecule has 0 aliphatic rings. The molecule has 0 radical (unpaired) electrons. The van der Waals surface area contributed by atoms with Crippen LogP contribution in [-0.2, 0) is 4.79 Å². The predicted octanol–water partition coefficient (Wildman–Crippen LogP) is 6.94. The highest BCUT2D eigenvalue weighted by molar-refractivity contribution is 7.13. The number of carbonyl (C=O) groups is 1. The summed E-state index contributed by atoms with van der Waals surface area (Å²) in [6.45, 7) is 4.37. The summed E-state index contributed by atoms with van der Waals surface area (Å²) in [4.78, 5) is 21.5. The first kappa shape index (κ1) is 23.0. The number of anilines is 1. The highest BCUT2D eigenvalue weighted by Crippen LogP contribution is 2.29. The summed E-state index contributed by atoms with van der Waals surface area (Å²) in [6.07, 6.45) is 2.75. The quantitative estimate of drug-likeness (QED) is 0.279. The minimum atomic E-state index is -0.0494. The van der Waals surface area contributed by atoms with Crippen LogP contribution in [0.25, 0.3) is 22.0 Å². The van der Waals surface area contributed by atoms with Crippen LogP contribution in [0.3, 0.4) is 0 Å². The fraction of sp³-hybridized carbons (Fsp3) is 0.192. The Hall–Kier alpha value is -3.22. The molecule has 0 bridgehead atoms.